The number of aromatic nitrogens is 1. The van der Waals surface area contributed by atoms with Gasteiger partial charge in [0.25, 0.3) is 0 Å². The molecule has 0 amide bonds. The van der Waals surface area contributed by atoms with Gasteiger partial charge in [0.1, 0.15) is 16.7 Å². The number of benzene rings is 2. The van der Waals surface area contributed by atoms with Gasteiger partial charge in [-0.2, -0.15) is 5.26 Å². The molecule has 0 spiro atoms. The van der Waals surface area contributed by atoms with Crippen LogP contribution >= 0.6 is 11.3 Å². The fourth-order valence-corrected chi connectivity index (χ4v) is 3.69. The summed E-state index contributed by atoms with van der Waals surface area (Å²) in [5.74, 6) is -0.426. The van der Waals surface area contributed by atoms with Gasteiger partial charge in [0.05, 0.1) is 29.5 Å². The van der Waals surface area contributed by atoms with Crippen molar-refractivity contribution < 1.29 is 13.9 Å². The molecule has 0 atom stereocenters. The number of thiazole rings is 1. The summed E-state index contributed by atoms with van der Waals surface area (Å²) in [6.07, 6.45) is 1.67. The molecule has 0 bridgehead atoms. The molecule has 0 N–H and O–H groups in total. The Labute approximate surface area is 175 Å². The Hall–Kier alpha value is -4.02. The molecule has 0 aliphatic carbocycles. The highest BCUT2D eigenvalue weighted by atomic mass is 32.1. The zero-order valence-electron chi connectivity index (χ0n) is 15.8. The quantitative estimate of drug-likeness (QED) is 0.271. The molecule has 0 radical (unpaired) electrons. The van der Waals surface area contributed by atoms with Crippen LogP contribution in [0.25, 0.3) is 33.9 Å². The molecule has 0 saturated heterocycles. The Morgan fingerprint density at radius 1 is 1.20 bits per heavy atom. The number of ether oxygens (including phenoxy) is 1. The number of esters is 1. The molecule has 2 aromatic carbocycles. The van der Waals surface area contributed by atoms with E-state index in [0.29, 0.717) is 33.0 Å². The van der Waals surface area contributed by atoms with Crippen LogP contribution in [0.1, 0.15) is 20.9 Å². The zero-order valence-corrected chi connectivity index (χ0v) is 16.6. The van der Waals surface area contributed by atoms with Crippen LogP contribution in [-0.2, 0) is 4.74 Å². The second kappa shape index (κ2) is 8.15. The fraction of sp³-hybridized carbons (Fsp3) is 0.0435. The lowest BCUT2D eigenvalue weighted by Gasteiger charge is -2.00. The van der Waals surface area contributed by atoms with Crippen LogP contribution in [0.15, 0.2) is 69.2 Å². The summed E-state index contributed by atoms with van der Waals surface area (Å²) >= 11 is 1.27. The third-order valence-electron chi connectivity index (χ3n) is 4.42. The van der Waals surface area contributed by atoms with Crippen LogP contribution in [0, 0.1) is 11.3 Å². The minimum atomic E-state index is -0.480. The number of rotatable bonds is 4. The second-order valence-corrected chi connectivity index (χ2v) is 7.16. The molecule has 146 valence electrons. The molecule has 0 aliphatic heterocycles. The van der Waals surface area contributed by atoms with E-state index >= 15 is 0 Å². The second-order valence-electron chi connectivity index (χ2n) is 6.31. The molecule has 4 aromatic rings. The minimum Gasteiger partial charge on any atom is -0.465 e. The first-order chi connectivity index (χ1) is 14.6. The van der Waals surface area contributed by atoms with Gasteiger partial charge in [0.2, 0.25) is 0 Å². The van der Waals surface area contributed by atoms with Crippen molar-refractivity contribution in [1.29, 1.82) is 5.26 Å². The highest BCUT2D eigenvalue weighted by molar-refractivity contribution is 7.11. The van der Waals surface area contributed by atoms with Gasteiger partial charge in [-0.25, -0.2) is 14.6 Å². The number of carbonyl (C=O) groups is 1. The highest BCUT2D eigenvalue weighted by Gasteiger charge is 2.14. The predicted molar refractivity (Wildman–Crippen MR) is 115 cm³/mol. The first-order valence-corrected chi connectivity index (χ1v) is 9.76. The summed E-state index contributed by atoms with van der Waals surface area (Å²) in [4.78, 5) is 28.4. The van der Waals surface area contributed by atoms with Gasteiger partial charge < -0.3 is 9.15 Å². The van der Waals surface area contributed by atoms with E-state index < -0.39 is 11.6 Å². The number of hydrogen-bond acceptors (Lipinski definition) is 7. The predicted octanol–water partition coefficient (Wildman–Crippen LogP) is 4.77. The average molecular weight is 414 g/mol. The van der Waals surface area contributed by atoms with Crippen molar-refractivity contribution in [2.45, 2.75) is 0 Å². The maximum atomic E-state index is 12.4. The van der Waals surface area contributed by atoms with Crippen molar-refractivity contribution in [2.24, 2.45) is 0 Å². The van der Waals surface area contributed by atoms with Crippen molar-refractivity contribution in [3.8, 4) is 17.3 Å². The summed E-state index contributed by atoms with van der Waals surface area (Å²) in [7, 11) is 1.32. The van der Waals surface area contributed by atoms with E-state index in [1.54, 1.807) is 53.9 Å². The number of para-hydroxylation sites is 1. The SMILES string of the molecule is COC(=O)c1ccc(C=C(C#N)c2nc(-c3cc4ccccc4oc3=O)cs2)cc1. The third kappa shape index (κ3) is 3.77. The lowest BCUT2D eigenvalue weighted by atomic mass is 10.1. The van der Waals surface area contributed by atoms with Gasteiger partial charge in [-0.1, -0.05) is 30.3 Å². The number of fused-ring (bicyclic) bond motifs is 1. The van der Waals surface area contributed by atoms with Gasteiger partial charge >= 0.3 is 11.6 Å². The number of allylic oxidation sites excluding steroid dienone is 1. The van der Waals surface area contributed by atoms with Crippen molar-refractivity contribution >= 4 is 39.9 Å². The minimum absolute atomic E-state index is 0.343. The third-order valence-corrected chi connectivity index (χ3v) is 5.29. The van der Waals surface area contributed by atoms with E-state index in [1.165, 1.54) is 18.4 Å². The lowest BCUT2D eigenvalue weighted by Crippen LogP contribution is -2.02. The van der Waals surface area contributed by atoms with E-state index in [2.05, 4.69) is 15.8 Å². The number of nitrogens with zero attached hydrogens (tertiary/aromatic N) is 2. The normalized spacial score (nSPS) is 11.3. The molecule has 7 heteroatoms. The average Bonchev–Trinajstić information content (AvgIpc) is 3.26. The molecule has 2 aromatic heterocycles. The van der Waals surface area contributed by atoms with Crippen molar-refractivity contribution in [2.75, 3.05) is 7.11 Å². The van der Waals surface area contributed by atoms with E-state index in [-0.39, 0.29) is 0 Å². The van der Waals surface area contributed by atoms with Crippen LogP contribution < -0.4 is 5.63 Å². The fourth-order valence-electron chi connectivity index (χ4n) is 2.90. The molecule has 2 heterocycles. The summed E-state index contributed by atoms with van der Waals surface area (Å²) in [5, 5.41) is 12.6. The van der Waals surface area contributed by atoms with Crippen LogP contribution in [-0.4, -0.2) is 18.1 Å². The molecule has 0 fully saturated rings. The molecule has 0 aliphatic rings. The first kappa shape index (κ1) is 19.3. The smallest absolute Gasteiger partial charge is 0.345 e. The summed E-state index contributed by atoms with van der Waals surface area (Å²) in [6.45, 7) is 0. The van der Waals surface area contributed by atoms with Gasteiger partial charge in [-0.15, -0.1) is 11.3 Å². The van der Waals surface area contributed by atoms with Crippen molar-refractivity contribution in [1.82, 2.24) is 4.98 Å². The number of carbonyl (C=O) groups excluding carboxylic acids is 1. The highest BCUT2D eigenvalue weighted by Crippen LogP contribution is 2.27. The van der Waals surface area contributed by atoms with Gasteiger partial charge in [0.15, 0.2) is 0 Å². The molecule has 0 unspecified atom stereocenters. The first-order valence-electron chi connectivity index (χ1n) is 8.88. The Morgan fingerprint density at radius 3 is 2.70 bits per heavy atom. The van der Waals surface area contributed by atoms with Crippen LogP contribution in [0.3, 0.4) is 0 Å². The van der Waals surface area contributed by atoms with Gasteiger partial charge in [-0.05, 0) is 35.9 Å². The van der Waals surface area contributed by atoms with Crippen LogP contribution in [0.5, 0.6) is 0 Å². The van der Waals surface area contributed by atoms with Crippen LogP contribution in [0.2, 0.25) is 0 Å². The molecule has 6 nitrogen and oxygen atoms in total. The molecular formula is C23H14N2O4S. The Morgan fingerprint density at radius 2 is 1.97 bits per heavy atom. The van der Waals surface area contributed by atoms with E-state index in [4.69, 9.17) is 4.42 Å². The van der Waals surface area contributed by atoms with Gasteiger partial charge in [-0.3, -0.25) is 0 Å². The Balaban J connectivity index is 1.68. The maximum absolute atomic E-state index is 12.4. The van der Waals surface area contributed by atoms with E-state index in [9.17, 15) is 14.9 Å². The maximum Gasteiger partial charge on any atom is 0.345 e. The zero-order chi connectivity index (χ0) is 21.1. The van der Waals surface area contributed by atoms with E-state index in [1.807, 2.05) is 12.1 Å². The van der Waals surface area contributed by atoms with E-state index in [0.717, 1.165) is 10.9 Å². The van der Waals surface area contributed by atoms with Crippen molar-refractivity contribution in [3.63, 3.8) is 0 Å². The number of hydrogen-bond donors (Lipinski definition) is 0. The largest absolute Gasteiger partial charge is 0.465 e. The van der Waals surface area contributed by atoms with Gasteiger partial charge in [0, 0.05) is 10.8 Å². The summed E-state index contributed by atoms with van der Waals surface area (Å²) in [5.41, 5.74) is 2.34. The number of nitriles is 1. The summed E-state index contributed by atoms with van der Waals surface area (Å²) in [6, 6.07) is 17.8. The Bertz CT molecular complexity index is 1370. The molecule has 30 heavy (non-hydrogen) atoms. The van der Waals surface area contributed by atoms with Crippen LogP contribution in [0.4, 0.5) is 0 Å². The summed E-state index contributed by atoms with van der Waals surface area (Å²) < 4.78 is 10.1. The molecular weight excluding hydrogens is 400 g/mol. The number of methoxy groups -OCH3 is 1. The lowest BCUT2D eigenvalue weighted by molar-refractivity contribution is 0.0600. The Kier molecular flexibility index (Phi) is 5.24. The standard InChI is InChI=1S/C23H14N2O4S/c1-28-22(26)15-8-6-14(7-9-15)10-17(12-24)21-25-19(13-30-21)18-11-16-4-2-3-5-20(16)29-23(18)27/h2-11,13H,1H3. The molecule has 4 rings (SSSR count). The monoisotopic (exact) mass is 414 g/mol. The van der Waals surface area contributed by atoms with Crippen molar-refractivity contribution in [3.05, 3.63) is 86.5 Å². The topological polar surface area (TPSA) is 93.2 Å². The molecule has 0 saturated carbocycles.